The van der Waals surface area contributed by atoms with E-state index in [4.69, 9.17) is 4.74 Å². The molecule has 1 N–H and O–H groups in total. The van der Waals surface area contributed by atoms with E-state index >= 15 is 0 Å². The van der Waals surface area contributed by atoms with Crippen molar-refractivity contribution in [1.82, 2.24) is 25.0 Å². The number of nitrogens with one attached hydrogen (secondary N) is 1. The topological polar surface area (TPSA) is 72.3 Å². The Morgan fingerprint density at radius 3 is 2.78 bits per heavy atom. The number of nitrogens with zero attached hydrogens (tertiary/aromatic N) is 4. The van der Waals surface area contributed by atoms with Crippen LogP contribution < -0.4 is 5.32 Å². The van der Waals surface area contributed by atoms with Crippen molar-refractivity contribution < 1.29 is 9.53 Å². The molecule has 4 rings (SSSR count). The van der Waals surface area contributed by atoms with E-state index in [1.54, 1.807) is 17.1 Å². The summed E-state index contributed by atoms with van der Waals surface area (Å²) in [5, 5.41) is 7.49. The standard InChI is InChI=1S/C25H35N5O2/c1-2-3-17-32-22-11-15-29(16-12-22)19-21-7-4-5-8-23(21)28-25(31)20-9-10-24(26-18-20)30-14-6-13-27-30/h2-3,6,9-10,13-14,18,21-23H,4-5,7-8,11-12,15-17,19H2,1H3,(H,28,31)/b3-2+. The maximum Gasteiger partial charge on any atom is 0.253 e. The molecule has 1 saturated carbocycles. The van der Waals surface area contributed by atoms with Gasteiger partial charge in [-0.15, -0.1) is 0 Å². The quantitative estimate of drug-likeness (QED) is 0.639. The van der Waals surface area contributed by atoms with Gasteiger partial charge in [0.05, 0.1) is 18.3 Å². The minimum atomic E-state index is -0.0301. The van der Waals surface area contributed by atoms with Gasteiger partial charge in [0.15, 0.2) is 5.82 Å². The van der Waals surface area contributed by atoms with Crippen LogP contribution >= 0.6 is 0 Å². The Balaban J connectivity index is 1.28. The van der Waals surface area contributed by atoms with Crippen molar-refractivity contribution in [2.24, 2.45) is 5.92 Å². The highest BCUT2D eigenvalue weighted by Crippen LogP contribution is 2.27. The third-order valence-corrected chi connectivity index (χ3v) is 6.67. The fourth-order valence-electron chi connectivity index (χ4n) is 4.81. The number of pyridine rings is 1. The first-order valence-electron chi connectivity index (χ1n) is 11.9. The molecule has 7 heteroatoms. The first-order chi connectivity index (χ1) is 15.7. The van der Waals surface area contributed by atoms with Gasteiger partial charge in [-0.2, -0.15) is 5.10 Å². The summed E-state index contributed by atoms with van der Waals surface area (Å²) >= 11 is 0. The van der Waals surface area contributed by atoms with E-state index in [1.807, 2.05) is 37.4 Å². The van der Waals surface area contributed by atoms with Gasteiger partial charge in [-0.3, -0.25) is 4.79 Å². The van der Waals surface area contributed by atoms with E-state index in [0.29, 0.717) is 23.4 Å². The molecular formula is C25H35N5O2. The highest BCUT2D eigenvalue weighted by molar-refractivity contribution is 5.94. The van der Waals surface area contributed by atoms with Crippen LogP contribution in [0.3, 0.4) is 0 Å². The lowest BCUT2D eigenvalue weighted by Crippen LogP contribution is -2.48. The number of aromatic nitrogens is 3. The zero-order valence-corrected chi connectivity index (χ0v) is 19.0. The number of likely N-dealkylation sites (tertiary alicyclic amines) is 1. The Labute approximate surface area is 190 Å². The maximum absolute atomic E-state index is 12.9. The molecule has 0 aromatic carbocycles. The molecule has 0 bridgehead atoms. The Hall–Kier alpha value is -2.51. The number of rotatable bonds is 8. The van der Waals surface area contributed by atoms with Crippen LogP contribution in [0.4, 0.5) is 0 Å². The number of hydrogen-bond donors (Lipinski definition) is 1. The summed E-state index contributed by atoms with van der Waals surface area (Å²) in [6, 6.07) is 5.74. The molecule has 1 amide bonds. The van der Waals surface area contributed by atoms with Crippen LogP contribution in [-0.4, -0.2) is 64.0 Å². The van der Waals surface area contributed by atoms with Gasteiger partial charge in [-0.1, -0.05) is 25.0 Å². The van der Waals surface area contributed by atoms with Crippen LogP contribution in [-0.2, 0) is 4.74 Å². The first kappa shape index (κ1) is 22.7. The van der Waals surface area contributed by atoms with E-state index in [1.165, 1.54) is 19.3 Å². The molecule has 2 atom stereocenters. The molecular weight excluding hydrogens is 402 g/mol. The zero-order valence-electron chi connectivity index (χ0n) is 19.0. The molecule has 3 heterocycles. The molecule has 32 heavy (non-hydrogen) atoms. The lowest BCUT2D eigenvalue weighted by atomic mass is 9.83. The van der Waals surface area contributed by atoms with Crippen molar-refractivity contribution in [3.63, 3.8) is 0 Å². The molecule has 172 valence electrons. The Kier molecular flexibility index (Phi) is 8.07. The van der Waals surface area contributed by atoms with E-state index in [-0.39, 0.29) is 11.9 Å². The molecule has 0 radical (unpaired) electrons. The number of amides is 1. The largest absolute Gasteiger partial charge is 0.374 e. The lowest BCUT2D eigenvalue weighted by molar-refractivity contribution is 0.0153. The molecule has 1 aliphatic heterocycles. The molecule has 2 aliphatic rings. The third-order valence-electron chi connectivity index (χ3n) is 6.67. The van der Waals surface area contributed by atoms with Gasteiger partial charge in [0, 0.05) is 44.3 Å². The summed E-state index contributed by atoms with van der Waals surface area (Å²) in [5.41, 5.74) is 0.601. The van der Waals surface area contributed by atoms with Crippen LogP contribution in [0.25, 0.3) is 5.82 Å². The molecule has 1 aliphatic carbocycles. The highest BCUT2D eigenvalue weighted by atomic mass is 16.5. The van der Waals surface area contributed by atoms with Gasteiger partial charge in [0.25, 0.3) is 5.91 Å². The third kappa shape index (κ3) is 6.04. The van der Waals surface area contributed by atoms with E-state index in [9.17, 15) is 4.79 Å². The summed E-state index contributed by atoms with van der Waals surface area (Å²) in [5.74, 6) is 1.18. The van der Waals surface area contributed by atoms with Crippen molar-refractivity contribution in [3.05, 3.63) is 54.5 Å². The Morgan fingerprint density at radius 1 is 1.22 bits per heavy atom. The number of ether oxygens (including phenoxy) is 1. The van der Waals surface area contributed by atoms with Crippen LogP contribution in [0.5, 0.6) is 0 Å². The molecule has 0 spiro atoms. The minimum Gasteiger partial charge on any atom is -0.374 e. The predicted molar refractivity (Wildman–Crippen MR) is 125 cm³/mol. The lowest BCUT2D eigenvalue weighted by Gasteiger charge is -2.38. The average Bonchev–Trinajstić information content (AvgIpc) is 3.37. The molecule has 1 saturated heterocycles. The molecule has 7 nitrogen and oxygen atoms in total. The van der Waals surface area contributed by atoms with Crippen LogP contribution in [0.1, 0.15) is 55.8 Å². The molecule has 2 aromatic heterocycles. The second-order valence-electron chi connectivity index (χ2n) is 8.88. The second-order valence-corrected chi connectivity index (χ2v) is 8.88. The van der Waals surface area contributed by atoms with E-state index in [0.717, 1.165) is 45.5 Å². The van der Waals surface area contributed by atoms with Crippen LogP contribution in [0.2, 0.25) is 0 Å². The SMILES string of the molecule is C/C=C/COC1CCN(CC2CCCCC2NC(=O)c2ccc(-n3cccn3)nc2)CC1. The summed E-state index contributed by atoms with van der Waals surface area (Å²) < 4.78 is 7.62. The first-order valence-corrected chi connectivity index (χ1v) is 11.9. The molecule has 2 aromatic rings. The van der Waals surface area contributed by atoms with Crippen molar-refractivity contribution in [2.45, 2.75) is 57.6 Å². The van der Waals surface area contributed by atoms with Crippen LogP contribution in [0.15, 0.2) is 48.9 Å². The fraction of sp³-hybridized carbons (Fsp3) is 0.560. The number of hydrogen-bond acceptors (Lipinski definition) is 5. The van der Waals surface area contributed by atoms with E-state index < -0.39 is 0 Å². The number of carbonyl (C=O) groups is 1. The summed E-state index contributed by atoms with van der Waals surface area (Å²) in [6.07, 6.45) is 16.5. The smallest absolute Gasteiger partial charge is 0.253 e. The molecule has 2 unspecified atom stereocenters. The average molecular weight is 438 g/mol. The fourth-order valence-corrected chi connectivity index (χ4v) is 4.81. The van der Waals surface area contributed by atoms with Gasteiger partial charge in [0.2, 0.25) is 0 Å². The van der Waals surface area contributed by atoms with E-state index in [2.05, 4.69) is 26.4 Å². The Morgan fingerprint density at radius 2 is 2.06 bits per heavy atom. The zero-order chi connectivity index (χ0) is 22.2. The Bertz CT molecular complexity index is 857. The molecule has 2 fully saturated rings. The van der Waals surface area contributed by atoms with Gasteiger partial charge in [-0.05, 0) is 56.7 Å². The van der Waals surface area contributed by atoms with Gasteiger partial charge < -0.3 is 15.0 Å². The maximum atomic E-state index is 12.9. The van der Waals surface area contributed by atoms with Gasteiger partial charge in [0.1, 0.15) is 0 Å². The van der Waals surface area contributed by atoms with Crippen molar-refractivity contribution in [1.29, 1.82) is 0 Å². The summed E-state index contributed by atoms with van der Waals surface area (Å²) in [4.78, 5) is 19.9. The predicted octanol–water partition coefficient (Wildman–Crippen LogP) is 3.61. The second kappa shape index (κ2) is 11.4. The number of carbonyl (C=O) groups excluding carboxylic acids is 1. The normalized spacial score (nSPS) is 22.9. The van der Waals surface area contributed by atoms with Gasteiger partial charge >= 0.3 is 0 Å². The van der Waals surface area contributed by atoms with Crippen LogP contribution in [0, 0.1) is 5.92 Å². The van der Waals surface area contributed by atoms with Crippen molar-refractivity contribution in [2.75, 3.05) is 26.2 Å². The number of piperidine rings is 1. The highest BCUT2D eigenvalue weighted by Gasteiger charge is 2.30. The number of allylic oxidation sites excluding steroid dienone is 1. The monoisotopic (exact) mass is 437 g/mol. The van der Waals surface area contributed by atoms with Crippen molar-refractivity contribution in [3.8, 4) is 5.82 Å². The minimum absolute atomic E-state index is 0.0301. The van der Waals surface area contributed by atoms with Gasteiger partial charge in [-0.25, -0.2) is 9.67 Å². The van der Waals surface area contributed by atoms with Crippen molar-refractivity contribution >= 4 is 5.91 Å². The summed E-state index contributed by atoms with van der Waals surface area (Å²) in [7, 11) is 0. The summed E-state index contributed by atoms with van der Waals surface area (Å²) in [6.45, 7) is 5.96.